The summed E-state index contributed by atoms with van der Waals surface area (Å²) in [6, 6.07) is 6.08. The number of likely N-dealkylation sites (tertiary alicyclic amines) is 1. The molecule has 0 spiro atoms. The number of hydrogen-bond donors (Lipinski definition) is 2. The first-order valence-corrected chi connectivity index (χ1v) is 6.30. The van der Waals surface area contributed by atoms with E-state index in [9.17, 15) is 4.79 Å². The van der Waals surface area contributed by atoms with Gasteiger partial charge in [0.2, 0.25) is 5.91 Å². The maximum absolute atomic E-state index is 11.7. The first-order valence-electron chi connectivity index (χ1n) is 5.78. The lowest BCUT2D eigenvalue weighted by molar-refractivity contribution is -0.135. The molecule has 1 aliphatic heterocycles. The molecule has 0 radical (unpaired) electrons. The lowest BCUT2D eigenvalue weighted by Crippen LogP contribution is -2.57. The molecule has 1 aliphatic rings. The van der Waals surface area contributed by atoms with Crippen LogP contribution in [0.3, 0.4) is 0 Å². The Bertz CT molecular complexity index is 377. The van der Waals surface area contributed by atoms with Gasteiger partial charge in [0.1, 0.15) is 5.82 Å². The van der Waals surface area contributed by atoms with Gasteiger partial charge in [0.15, 0.2) is 0 Å². The van der Waals surface area contributed by atoms with Crippen LogP contribution in [0.5, 0.6) is 0 Å². The van der Waals surface area contributed by atoms with Gasteiger partial charge >= 0.3 is 0 Å². The van der Waals surface area contributed by atoms with Gasteiger partial charge in [0, 0.05) is 31.0 Å². The first-order chi connectivity index (χ1) is 8.15. The van der Waals surface area contributed by atoms with Crippen molar-refractivity contribution in [2.24, 2.45) is 0 Å². The van der Waals surface area contributed by atoms with Gasteiger partial charge in [-0.25, -0.2) is 4.98 Å². The van der Waals surface area contributed by atoms with Gasteiger partial charge < -0.3 is 10.2 Å². The first kappa shape index (κ1) is 12.2. The van der Waals surface area contributed by atoms with Crippen LogP contribution in [0.4, 0.5) is 5.82 Å². The molecule has 1 unspecified atom stereocenters. The topological polar surface area (TPSA) is 45.2 Å². The zero-order valence-corrected chi connectivity index (χ0v) is 10.7. The van der Waals surface area contributed by atoms with Gasteiger partial charge in [-0.2, -0.15) is 12.6 Å². The molecule has 1 atom stereocenters. The maximum atomic E-state index is 11.7. The average Bonchev–Trinajstić information content (AvgIpc) is 2.23. The van der Waals surface area contributed by atoms with E-state index >= 15 is 0 Å². The number of carbonyl (C=O) groups excluding carboxylic acids is 1. The molecule has 1 N–H and O–H groups in total. The van der Waals surface area contributed by atoms with Gasteiger partial charge in [-0.3, -0.25) is 4.79 Å². The number of thiol groups is 1. The molecular formula is C12H17N3OS. The predicted molar refractivity (Wildman–Crippen MR) is 71.3 cm³/mol. The van der Waals surface area contributed by atoms with Crippen molar-refractivity contribution in [3.05, 3.63) is 24.4 Å². The normalized spacial score (nSPS) is 17.4. The number of aromatic nitrogens is 1. The fraction of sp³-hybridized carbons (Fsp3) is 0.500. The molecule has 0 saturated carbocycles. The van der Waals surface area contributed by atoms with Crippen LogP contribution in [0, 0.1) is 0 Å². The third kappa shape index (κ3) is 3.36. The Morgan fingerprint density at radius 3 is 3.00 bits per heavy atom. The molecule has 4 nitrogen and oxygen atoms in total. The van der Waals surface area contributed by atoms with E-state index in [1.54, 1.807) is 6.20 Å². The number of nitrogens with one attached hydrogen (secondary N) is 1. The predicted octanol–water partition coefficient (Wildman–Crippen LogP) is 1.41. The molecule has 0 aliphatic carbocycles. The van der Waals surface area contributed by atoms with Gasteiger partial charge in [0.25, 0.3) is 0 Å². The SMILES string of the molecule is CC(S)CC(=O)N1CC(Nc2ccccn2)C1. The van der Waals surface area contributed by atoms with E-state index in [2.05, 4.69) is 22.9 Å². The van der Waals surface area contributed by atoms with Gasteiger partial charge in [-0.05, 0) is 12.1 Å². The summed E-state index contributed by atoms with van der Waals surface area (Å²) in [7, 11) is 0. The van der Waals surface area contributed by atoms with Crippen LogP contribution in [-0.4, -0.2) is 40.2 Å². The highest BCUT2D eigenvalue weighted by molar-refractivity contribution is 7.80. The van der Waals surface area contributed by atoms with E-state index in [0.717, 1.165) is 18.9 Å². The van der Waals surface area contributed by atoms with Gasteiger partial charge in [0.05, 0.1) is 6.04 Å². The molecule has 0 aromatic carbocycles. The largest absolute Gasteiger partial charge is 0.364 e. The van der Waals surface area contributed by atoms with Gasteiger partial charge in [-0.1, -0.05) is 13.0 Å². The number of amides is 1. The molecule has 1 saturated heterocycles. The smallest absolute Gasteiger partial charge is 0.223 e. The van der Waals surface area contributed by atoms with Crippen molar-refractivity contribution in [1.82, 2.24) is 9.88 Å². The van der Waals surface area contributed by atoms with Crippen molar-refractivity contribution in [2.45, 2.75) is 24.6 Å². The van der Waals surface area contributed by atoms with Crippen molar-refractivity contribution in [2.75, 3.05) is 18.4 Å². The highest BCUT2D eigenvalue weighted by Crippen LogP contribution is 2.15. The monoisotopic (exact) mass is 251 g/mol. The number of anilines is 1. The highest BCUT2D eigenvalue weighted by Gasteiger charge is 2.30. The third-order valence-corrected chi connectivity index (χ3v) is 2.90. The Morgan fingerprint density at radius 1 is 1.65 bits per heavy atom. The van der Waals surface area contributed by atoms with Crippen molar-refractivity contribution >= 4 is 24.4 Å². The van der Waals surface area contributed by atoms with Crippen molar-refractivity contribution in [1.29, 1.82) is 0 Å². The Kier molecular flexibility index (Phi) is 3.89. The fourth-order valence-corrected chi connectivity index (χ4v) is 1.97. The molecule has 2 rings (SSSR count). The molecule has 17 heavy (non-hydrogen) atoms. The standard InChI is InChI=1S/C12H17N3OS/c1-9(17)6-12(16)15-7-10(8-15)14-11-4-2-3-5-13-11/h2-5,9-10,17H,6-8H2,1H3,(H,13,14). The average molecular weight is 251 g/mol. The van der Waals surface area contributed by atoms with Crippen LogP contribution in [-0.2, 0) is 4.79 Å². The maximum Gasteiger partial charge on any atom is 0.223 e. The summed E-state index contributed by atoms with van der Waals surface area (Å²) in [5.74, 6) is 1.05. The Morgan fingerprint density at radius 2 is 2.41 bits per heavy atom. The van der Waals surface area contributed by atoms with Crippen LogP contribution < -0.4 is 5.32 Å². The number of nitrogens with zero attached hydrogens (tertiary/aromatic N) is 2. The number of rotatable bonds is 4. The second kappa shape index (κ2) is 5.40. The van der Waals surface area contributed by atoms with Crippen molar-refractivity contribution in [3.8, 4) is 0 Å². The quantitative estimate of drug-likeness (QED) is 0.795. The highest BCUT2D eigenvalue weighted by atomic mass is 32.1. The van der Waals surface area contributed by atoms with Crippen LogP contribution in [0.25, 0.3) is 0 Å². The summed E-state index contributed by atoms with van der Waals surface area (Å²) in [6.45, 7) is 3.45. The molecule has 5 heteroatoms. The molecular weight excluding hydrogens is 234 g/mol. The number of carbonyl (C=O) groups is 1. The summed E-state index contributed by atoms with van der Waals surface area (Å²) in [5.41, 5.74) is 0. The zero-order chi connectivity index (χ0) is 12.3. The van der Waals surface area contributed by atoms with Crippen molar-refractivity contribution in [3.63, 3.8) is 0 Å². The molecule has 1 amide bonds. The minimum Gasteiger partial charge on any atom is -0.364 e. The Balaban J connectivity index is 1.74. The van der Waals surface area contributed by atoms with E-state index < -0.39 is 0 Å². The number of pyridine rings is 1. The molecule has 0 bridgehead atoms. The summed E-state index contributed by atoms with van der Waals surface area (Å²) >= 11 is 4.22. The summed E-state index contributed by atoms with van der Waals surface area (Å²) in [4.78, 5) is 17.7. The van der Waals surface area contributed by atoms with Crippen LogP contribution in [0.2, 0.25) is 0 Å². The van der Waals surface area contributed by atoms with E-state index in [4.69, 9.17) is 0 Å². The van der Waals surface area contributed by atoms with E-state index in [0.29, 0.717) is 12.5 Å². The summed E-state index contributed by atoms with van der Waals surface area (Å²) in [5, 5.41) is 3.42. The third-order valence-electron chi connectivity index (χ3n) is 2.72. The summed E-state index contributed by atoms with van der Waals surface area (Å²) in [6.07, 6.45) is 2.27. The second-order valence-corrected chi connectivity index (χ2v) is 5.29. The van der Waals surface area contributed by atoms with E-state index in [1.807, 2.05) is 30.0 Å². The second-order valence-electron chi connectivity index (χ2n) is 4.41. The van der Waals surface area contributed by atoms with Gasteiger partial charge in [-0.15, -0.1) is 0 Å². The van der Waals surface area contributed by atoms with Crippen LogP contribution in [0.1, 0.15) is 13.3 Å². The fourth-order valence-electron chi connectivity index (χ4n) is 1.81. The summed E-state index contributed by atoms with van der Waals surface area (Å²) < 4.78 is 0. The minimum atomic E-state index is 0.130. The lowest BCUT2D eigenvalue weighted by Gasteiger charge is -2.40. The van der Waals surface area contributed by atoms with Crippen LogP contribution in [0.15, 0.2) is 24.4 Å². The van der Waals surface area contributed by atoms with E-state index in [1.165, 1.54) is 0 Å². The van der Waals surface area contributed by atoms with Crippen molar-refractivity contribution < 1.29 is 4.79 Å². The Labute approximate surface area is 107 Å². The number of hydrogen-bond acceptors (Lipinski definition) is 4. The zero-order valence-electron chi connectivity index (χ0n) is 9.84. The minimum absolute atomic E-state index is 0.130. The molecule has 92 valence electrons. The van der Waals surface area contributed by atoms with E-state index in [-0.39, 0.29) is 11.2 Å². The molecule has 2 heterocycles. The Hall–Kier alpha value is -1.23. The lowest BCUT2D eigenvalue weighted by atomic mass is 10.1. The molecule has 1 aromatic heterocycles. The molecule has 1 fully saturated rings. The van der Waals surface area contributed by atoms with Crippen LogP contribution >= 0.6 is 12.6 Å². The molecule has 1 aromatic rings.